The van der Waals surface area contributed by atoms with Gasteiger partial charge in [0.15, 0.2) is 0 Å². The molecule has 0 saturated carbocycles. The highest BCUT2D eigenvalue weighted by molar-refractivity contribution is 5.83. The van der Waals surface area contributed by atoms with Crippen molar-refractivity contribution in [1.29, 1.82) is 0 Å². The van der Waals surface area contributed by atoms with Gasteiger partial charge in [-0.05, 0) is 36.0 Å². The third-order valence-electron chi connectivity index (χ3n) is 3.26. The van der Waals surface area contributed by atoms with Crippen LogP contribution >= 0.6 is 0 Å². The Morgan fingerprint density at radius 2 is 1.95 bits per heavy atom. The molecular formula is C16H22FNO3. The van der Waals surface area contributed by atoms with Crippen molar-refractivity contribution in [2.24, 2.45) is 11.8 Å². The fraction of sp³-hybridized carbons (Fsp3) is 0.500. The average molecular weight is 295 g/mol. The molecule has 0 aromatic heterocycles. The SMILES string of the molecule is CC(CC(=O)N[C@H](C(=O)O)C(C)C)Cc1cccc(F)c1. The number of carbonyl (C=O) groups excluding carboxylic acids is 1. The lowest BCUT2D eigenvalue weighted by Gasteiger charge is -2.19. The van der Waals surface area contributed by atoms with E-state index in [1.807, 2.05) is 13.0 Å². The molecule has 1 amide bonds. The number of halogens is 1. The summed E-state index contributed by atoms with van der Waals surface area (Å²) in [5, 5.41) is 11.6. The highest BCUT2D eigenvalue weighted by atomic mass is 19.1. The topological polar surface area (TPSA) is 66.4 Å². The minimum atomic E-state index is -1.03. The predicted molar refractivity (Wildman–Crippen MR) is 78.3 cm³/mol. The number of amides is 1. The monoisotopic (exact) mass is 295 g/mol. The van der Waals surface area contributed by atoms with Gasteiger partial charge in [-0.2, -0.15) is 0 Å². The van der Waals surface area contributed by atoms with Crippen molar-refractivity contribution >= 4 is 11.9 Å². The summed E-state index contributed by atoms with van der Waals surface area (Å²) < 4.78 is 13.1. The van der Waals surface area contributed by atoms with E-state index in [9.17, 15) is 14.0 Å². The summed E-state index contributed by atoms with van der Waals surface area (Å²) in [7, 11) is 0. The third kappa shape index (κ3) is 5.94. The van der Waals surface area contributed by atoms with E-state index < -0.39 is 12.0 Å². The lowest BCUT2D eigenvalue weighted by atomic mass is 9.97. The fourth-order valence-electron chi connectivity index (χ4n) is 2.20. The van der Waals surface area contributed by atoms with Crippen LogP contribution in [0.15, 0.2) is 24.3 Å². The Kier molecular flexibility index (Phi) is 6.34. The van der Waals surface area contributed by atoms with E-state index in [1.165, 1.54) is 12.1 Å². The molecule has 0 aliphatic heterocycles. The second kappa shape index (κ2) is 7.76. The first-order valence-corrected chi connectivity index (χ1v) is 7.06. The number of carboxylic acid groups (broad SMARTS) is 1. The van der Waals surface area contributed by atoms with Crippen molar-refractivity contribution in [3.05, 3.63) is 35.6 Å². The Morgan fingerprint density at radius 1 is 1.29 bits per heavy atom. The van der Waals surface area contributed by atoms with Gasteiger partial charge in [0.05, 0.1) is 0 Å². The molecule has 0 fully saturated rings. The molecule has 1 unspecified atom stereocenters. The summed E-state index contributed by atoms with van der Waals surface area (Å²) in [5.41, 5.74) is 0.828. The molecule has 2 N–H and O–H groups in total. The number of nitrogens with one attached hydrogen (secondary N) is 1. The first-order valence-electron chi connectivity index (χ1n) is 7.06. The van der Waals surface area contributed by atoms with E-state index in [4.69, 9.17) is 5.11 Å². The molecule has 21 heavy (non-hydrogen) atoms. The smallest absolute Gasteiger partial charge is 0.326 e. The van der Waals surface area contributed by atoms with E-state index >= 15 is 0 Å². The number of carboxylic acids is 1. The van der Waals surface area contributed by atoms with Crippen LogP contribution in [0.2, 0.25) is 0 Å². The highest BCUT2D eigenvalue weighted by Gasteiger charge is 2.23. The zero-order valence-electron chi connectivity index (χ0n) is 12.6. The van der Waals surface area contributed by atoms with Gasteiger partial charge < -0.3 is 10.4 Å². The summed E-state index contributed by atoms with van der Waals surface area (Å²) in [4.78, 5) is 22.9. The van der Waals surface area contributed by atoms with Crippen molar-refractivity contribution < 1.29 is 19.1 Å². The van der Waals surface area contributed by atoms with Crippen molar-refractivity contribution in [2.45, 2.75) is 39.7 Å². The molecule has 5 heteroatoms. The maximum absolute atomic E-state index is 13.1. The molecule has 2 atom stereocenters. The van der Waals surface area contributed by atoms with Gasteiger partial charge in [-0.25, -0.2) is 9.18 Å². The Hall–Kier alpha value is -1.91. The zero-order valence-corrected chi connectivity index (χ0v) is 12.6. The van der Waals surface area contributed by atoms with E-state index in [1.54, 1.807) is 19.9 Å². The van der Waals surface area contributed by atoms with Gasteiger partial charge in [0, 0.05) is 6.42 Å². The second-order valence-electron chi connectivity index (χ2n) is 5.77. The van der Waals surface area contributed by atoms with Crippen molar-refractivity contribution in [2.75, 3.05) is 0 Å². The number of rotatable bonds is 7. The average Bonchev–Trinajstić information content (AvgIpc) is 2.34. The van der Waals surface area contributed by atoms with Crippen LogP contribution in [0.25, 0.3) is 0 Å². The van der Waals surface area contributed by atoms with Crippen LogP contribution < -0.4 is 5.32 Å². The number of aliphatic carboxylic acids is 1. The van der Waals surface area contributed by atoms with Gasteiger partial charge in [-0.3, -0.25) is 4.79 Å². The largest absolute Gasteiger partial charge is 0.480 e. The normalized spacial score (nSPS) is 13.8. The molecule has 0 heterocycles. The molecule has 1 aromatic rings. The number of benzene rings is 1. The summed E-state index contributed by atoms with van der Waals surface area (Å²) in [6.07, 6.45) is 0.789. The van der Waals surface area contributed by atoms with E-state index in [2.05, 4.69) is 5.32 Å². The van der Waals surface area contributed by atoms with Crippen LogP contribution in [0.3, 0.4) is 0 Å². The van der Waals surface area contributed by atoms with Crippen LogP contribution in [0.5, 0.6) is 0 Å². The van der Waals surface area contributed by atoms with Gasteiger partial charge in [-0.1, -0.05) is 32.9 Å². The van der Waals surface area contributed by atoms with Crippen LogP contribution in [0, 0.1) is 17.7 Å². The highest BCUT2D eigenvalue weighted by Crippen LogP contribution is 2.13. The fourth-order valence-corrected chi connectivity index (χ4v) is 2.20. The van der Waals surface area contributed by atoms with Gasteiger partial charge >= 0.3 is 5.97 Å². The summed E-state index contributed by atoms with van der Waals surface area (Å²) in [6.45, 7) is 5.38. The molecule has 0 radical (unpaired) electrons. The quantitative estimate of drug-likeness (QED) is 0.812. The van der Waals surface area contributed by atoms with Gasteiger partial charge in [-0.15, -0.1) is 0 Å². The van der Waals surface area contributed by atoms with E-state index in [0.717, 1.165) is 5.56 Å². The van der Waals surface area contributed by atoms with Gasteiger partial charge in [0.2, 0.25) is 5.91 Å². The number of carbonyl (C=O) groups is 2. The van der Waals surface area contributed by atoms with Crippen LogP contribution in [-0.4, -0.2) is 23.0 Å². The molecule has 0 spiro atoms. The van der Waals surface area contributed by atoms with Crippen molar-refractivity contribution in [3.8, 4) is 0 Å². The first kappa shape index (κ1) is 17.1. The lowest BCUT2D eigenvalue weighted by molar-refractivity contribution is -0.143. The van der Waals surface area contributed by atoms with Gasteiger partial charge in [0.25, 0.3) is 0 Å². The second-order valence-corrected chi connectivity index (χ2v) is 5.77. The predicted octanol–water partition coefficient (Wildman–Crippen LogP) is 2.62. The molecule has 1 rings (SSSR count). The molecule has 0 aliphatic rings. The van der Waals surface area contributed by atoms with Crippen LogP contribution in [0.1, 0.15) is 32.8 Å². The molecule has 1 aromatic carbocycles. The molecule has 0 saturated heterocycles. The van der Waals surface area contributed by atoms with Crippen molar-refractivity contribution in [1.82, 2.24) is 5.32 Å². The minimum Gasteiger partial charge on any atom is -0.480 e. The zero-order chi connectivity index (χ0) is 16.0. The molecule has 0 aliphatic carbocycles. The standard InChI is InChI=1S/C16H22FNO3/c1-10(2)15(16(20)21)18-14(19)8-11(3)7-12-5-4-6-13(17)9-12/h4-6,9-11,15H,7-8H2,1-3H3,(H,18,19)(H,20,21)/t11?,15-/m0/s1. The minimum absolute atomic E-state index is 0.00778. The van der Waals surface area contributed by atoms with Crippen molar-refractivity contribution in [3.63, 3.8) is 0 Å². The lowest BCUT2D eigenvalue weighted by Crippen LogP contribution is -2.44. The molecule has 0 bridgehead atoms. The summed E-state index contributed by atoms with van der Waals surface area (Å²) >= 11 is 0. The van der Waals surface area contributed by atoms with E-state index in [0.29, 0.717) is 6.42 Å². The molecular weight excluding hydrogens is 273 g/mol. The molecule has 116 valence electrons. The number of hydrogen-bond acceptors (Lipinski definition) is 2. The number of hydrogen-bond donors (Lipinski definition) is 2. The maximum Gasteiger partial charge on any atom is 0.326 e. The van der Waals surface area contributed by atoms with Crippen LogP contribution in [0.4, 0.5) is 4.39 Å². The molecule has 4 nitrogen and oxygen atoms in total. The Morgan fingerprint density at radius 3 is 2.48 bits per heavy atom. The Balaban J connectivity index is 2.52. The Bertz CT molecular complexity index is 502. The maximum atomic E-state index is 13.1. The first-order chi connectivity index (χ1) is 9.79. The summed E-state index contributed by atoms with van der Waals surface area (Å²) in [6, 6.07) is 5.39. The Labute approximate surface area is 124 Å². The summed E-state index contributed by atoms with van der Waals surface area (Å²) in [5.74, 6) is -1.79. The van der Waals surface area contributed by atoms with E-state index in [-0.39, 0.29) is 30.0 Å². The van der Waals surface area contributed by atoms with Gasteiger partial charge in [0.1, 0.15) is 11.9 Å². The third-order valence-corrected chi connectivity index (χ3v) is 3.26. The van der Waals surface area contributed by atoms with Crippen LogP contribution in [-0.2, 0) is 16.0 Å².